The highest BCUT2D eigenvalue weighted by Crippen LogP contribution is 2.32. The maximum atomic E-state index is 10.4. The minimum Gasteiger partial charge on any atom is -0.386 e. The van der Waals surface area contributed by atoms with Crippen LogP contribution in [0.3, 0.4) is 0 Å². The summed E-state index contributed by atoms with van der Waals surface area (Å²) in [5.74, 6) is 0. The van der Waals surface area contributed by atoms with E-state index in [1.807, 2.05) is 19.9 Å². The number of ether oxygens (including phenoxy) is 1. The number of aromatic nitrogens is 1. The Morgan fingerprint density at radius 2 is 2.00 bits per heavy atom. The first-order valence-electron chi connectivity index (χ1n) is 6.07. The van der Waals surface area contributed by atoms with E-state index in [9.17, 15) is 5.11 Å². The van der Waals surface area contributed by atoms with Crippen LogP contribution in [0.5, 0.6) is 0 Å². The fourth-order valence-electron chi connectivity index (χ4n) is 1.91. The molecule has 0 bridgehead atoms. The van der Waals surface area contributed by atoms with E-state index in [0.29, 0.717) is 6.61 Å². The Bertz CT molecular complexity index is 357. The Labute approximate surface area is 104 Å². The van der Waals surface area contributed by atoms with Crippen LogP contribution in [0.4, 0.5) is 0 Å². The van der Waals surface area contributed by atoms with Crippen LogP contribution < -0.4 is 0 Å². The lowest BCUT2D eigenvalue weighted by Crippen LogP contribution is -2.35. The summed E-state index contributed by atoms with van der Waals surface area (Å²) in [6.45, 7) is 10.7. The maximum absolute atomic E-state index is 10.4. The van der Waals surface area contributed by atoms with Gasteiger partial charge in [0.2, 0.25) is 0 Å². The van der Waals surface area contributed by atoms with E-state index in [0.717, 1.165) is 11.1 Å². The molecule has 96 valence electrons. The number of aryl methyl sites for hydroxylation is 1. The first kappa shape index (κ1) is 14.1. The predicted octanol–water partition coefficient (Wildman–Crippen LogP) is 2.87. The average molecular weight is 237 g/mol. The molecule has 0 aliphatic rings. The van der Waals surface area contributed by atoms with Gasteiger partial charge in [0.05, 0.1) is 6.10 Å². The molecule has 3 heteroatoms. The lowest BCUT2D eigenvalue weighted by Gasteiger charge is -2.34. The second-order valence-electron chi connectivity index (χ2n) is 5.48. The normalized spacial score (nSPS) is 15.6. The molecule has 1 aromatic heterocycles. The highest BCUT2D eigenvalue weighted by molar-refractivity contribution is 5.20. The fraction of sp³-hybridized carbons (Fsp3) is 0.643. The van der Waals surface area contributed by atoms with Crippen LogP contribution in [0.15, 0.2) is 18.5 Å². The second-order valence-corrected chi connectivity index (χ2v) is 5.48. The molecule has 0 saturated carbocycles. The van der Waals surface area contributed by atoms with Crippen LogP contribution in [0.2, 0.25) is 0 Å². The zero-order valence-corrected chi connectivity index (χ0v) is 11.4. The van der Waals surface area contributed by atoms with Crippen LogP contribution in [0.25, 0.3) is 0 Å². The van der Waals surface area contributed by atoms with E-state index < -0.39 is 6.10 Å². The first-order valence-corrected chi connectivity index (χ1v) is 6.07. The zero-order valence-electron chi connectivity index (χ0n) is 11.4. The topological polar surface area (TPSA) is 42.4 Å². The van der Waals surface area contributed by atoms with E-state index in [1.54, 1.807) is 12.4 Å². The second kappa shape index (κ2) is 5.61. The SMILES string of the molecule is CCOC(C(O)c1cncc(C)c1)C(C)(C)C. The van der Waals surface area contributed by atoms with Crippen molar-refractivity contribution in [2.24, 2.45) is 5.41 Å². The number of aliphatic hydroxyl groups excluding tert-OH is 1. The molecule has 1 heterocycles. The summed E-state index contributed by atoms with van der Waals surface area (Å²) in [6.07, 6.45) is 2.62. The maximum Gasteiger partial charge on any atom is 0.107 e. The van der Waals surface area contributed by atoms with Gasteiger partial charge in [0.1, 0.15) is 6.10 Å². The Kier molecular flexibility index (Phi) is 4.66. The van der Waals surface area contributed by atoms with Crippen molar-refractivity contribution in [2.45, 2.75) is 46.8 Å². The van der Waals surface area contributed by atoms with Gasteiger partial charge in [-0.15, -0.1) is 0 Å². The van der Waals surface area contributed by atoms with Gasteiger partial charge in [-0.3, -0.25) is 4.98 Å². The van der Waals surface area contributed by atoms with Gasteiger partial charge >= 0.3 is 0 Å². The third kappa shape index (κ3) is 3.79. The summed E-state index contributed by atoms with van der Waals surface area (Å²) in [4.78, 5) is 4.11. The van der Waals surface area contributed by atoms with Crippen molar-refractivity contribution in [3.8, 4) is 0 Å². The monoisotopic (exact) mass is 237 g/mol. The molecule has 1 rings (SSSR count). The standard InChI is InChI=1S/C14H23NO2/c1-6-17-13(14(3,4)5)12(16)11-7-10(2)8-15-9-11/h7-9,12-13,16H,6H2,1-5H3. The summed E-state index contributed by atoms with van der Waals surface area (Å²) in [6, 6.07) is 1.95. The van der Waals surface area contributed by atoms with Gasteiger partial charge in [-0.1, -0.05) is 26.8 Å². The molecule has 0 aromatic carbocycles. The van der Waals surface area contributed by atoms with Gasteiger partial charge < -0.3 is 9.84 Å². The summed E-state index contributed by atoms with van der Waals surface area (Å²) in [7, 11) is 0. The third-order valence-electron chi connectivity index (χ3n) is 2.72. The molecule has 0 amide bonds. The van der Waals surface area contributed by atoms with E-state index in [4.69, 9.17) is 4.74 Å². The van der Waals surface area contributed by atoms with Crippen molar-refractivity contribution in [3.05, 3.63) is 29.6 Å². The van der Waals surface area contributed by atoms with Crippen LogP contribution in [0.1, 0.15) is 44.9 Å². The number of hydrogen-bond acceptors (Lipinski definition) is 3. The van der Waals surface area contributed by atoms with Gasteiger partial charge in [0.15, 0.2) is 0 Å². The van der Waals surface area contributed by atoms with Gasteiger partial charge in [-0.2, -0.15) is 0 Å². The lowest BCUT2D eigenvalue weighted by molar-refractivity contribution is -0.0900. The summed E-state index contributed by atoms with van der Waals surface area (Å²) in [5.41, 5.74) is 1.75. The molecule has 2 atom stereocenters. The van der Waals surface area contributed by atoms with Crippen LogP contribution in [-0.4, -0.2) is 22.8 Å². The third-order valence-corrected chi connectivity index (χ3v) is 2.72. The van der Waals surface area contributed by atoms with Crippen molar-refractivity contribution < 1.29 is 9.84 Å². The fourth-order valence-corrected chi connectivity index (χ4v) is 1.91. The Morgan fingerprint density at radius 1 is 1.35 bits per heavy atom. The minimum atomic E-state index is -0.637. The molecule has 3 nitrogen and oxygen atoms in total. The highest BCUT2D eigenvalue weighted by Gasteiger charge is 2.32. The largest absolute Gasteiger partial charge is 0.386 e. The van der Waals surface area contributed by atoms with Crippen LogP contribution >= 0.6 is 0 Å². The molecule has 1 N–H and O–H groups in total. The quantitative estimate of drug-likeness (QED) is 0.875. The van der Waals surface area contributed by atoms with E-state index in [1.165, 1.54) is 0 Å². The number of rotatable bonds is 4. The summed E-state index contributed by atoms with van der Waals surface area (Å²) < 4.78 is 5.68. The van der Waals surface area contributed by atoms with Crippen molar-refractivity contribution in [2.75, 3.05) is 6.61 Å². The van der Waals surface area contributed by atoms with Crippen LogP contribution in [0, 0.1) is 12.3 Å². The van der Waals surface area contributed by atoms with E-state index >= 15 is 0 Å². The van der Waals surface area contributed by atoms with Gasteiger partial charge in [0, 0.05) is 24.6 Å². The number of nitrogens with zero attached hydrogens (tertiary/aromatic N) is 1. The smallest absolute Gasteiger partial charge is 0.107 e. The van der Waals surface area contributed by atoms with Gasteiger partial charge in [0.25, 0.3) is 0 Å². The molecule has 17 heavy (non-hydrogen) atoms. The van der Waals surface area contributed by atoms with Crippen LogP contribution in [-0.2, 0) is 4.74 Å². The molecule has 0 saturated heterocycles. The molecular weight excluding hydrogens is 214 g/mol. The summed E-state index contributed by atoms with van der Waals surface area (Å²) >= 11 is 0. The van der Waals surface area contributed by atoms with Crippen molar-refractivity contribution in [3.63, 3.8) is 0 Å². The highest BCUT2D eigenvalue weighted by atomic mass is 16.5. The first-order chi connectivity index (χ1) is 7.86. The Hall–Kier alpha value is -0.930. The average Bonchev–Trinajstić information content (AvgIpc) is 2.23. The minimum absolute atomic E-state index is 0.112. The lowest BCUT2D eigenvalue weighted by atomic mass is 9.83. The molecule has 0 aliphatic heterocycles. The predicted molar refractivity (Wildman–Crippen MR) is 68.8 cm³/mol. The molecule has 0 radical (unpaired) electrons. The molecule has 0 fully saturated rings. The number of pyridine rings is 1. The van der Waals surface area contributed by atoms with Gasteiger partial charge in [-0.25, -0.2) is 0 Å². The Morgan fingerprint density at radius 3 is 2.47 bits per heavy atom. The Balaban J connectivity index is 2.95. The zero-order chi connectivity index (χ0) is 13.1. The number of aliphatic hydroxyl groups is 1. The molecule has 2 unspecified atom stereocenters. The van der Waals surface area contributed by atoms with E-state index in [2.05, 4.69) is 25.8 Å². The van der Waals surface area contributed by atoms with Gasteiger partial charge in [-0.05, 0) is 24.8 Å². The molecular formula is C14H23NO2. The van der Waals surface area contributed by atoms with Crippen molar-refractivity contribution in [1.29, 1.82) is 0 Å². The molecule has 0 aliphatic carbocycles. The van der Waals surface area contributed by atoms with Crippen molar-refractivity contribution >= 4 is 0 Å². The molecule has 0 spiro atoms. The van der Waals surface area contributed by atoms with E-state index in [-0.39, 0.29) is 11.5 Å². The molecule has 1 aromatic rings. The summed E-state index contributed by atoms with van der Waals surface area (Å²) in [5, 5.41) is 10.4. The number of hydrogen-bond donors (Lipinski definition) is 1. The van der Waals surface area contributed by atoms with Crippen molar-refractivity contribution in [1.82, 2.24) is 4.98 Å².